The van der Waals surface area contributed by atoms with E-state index in [1.165, 1.54) is 6.26 Å². The first-order valence-electron chi connectivity index (χ1n) is 9.37. The molecule has 3 rings (SSSR count). The van der Waals surface area contributed by atoms with Gasteiger partial charge in [-0.2, -0.15) is 0 Å². The van der Waals surface area contributed by atoms with Crippen molar-refractivity contribution in [2.24, 2.45) is 0 Å². The van der Waals surface area contributed by atoms with Crippen LogP contribution in [0.25, 0.3) is 0 Å². The van der Waals surface area contributed by atoms with Crippen molar-refractivity contribution in [1.82, 2.24) is 9.80 Å². The van der Waals surface area contributed by atoms with Crippen molar-refractivity contribution in [1.29, 1.82) is 0 Å². The normalized spacial score (nSPS) is 19.3. The van der Waals surface area contributed by atoms with Crippen molar-refractivity contribution < 1.29 is 18.7 Å². The number of para-hydroxylation sites is 1. The highest BCUT2D eigenvalue weighted by Gasteiger charge is 2.40. The highest BCUT2D eigenvalue weighted by atomic mass is 32.2. The van der Waals surface area contributed by atoms with E-state index in [2.05, 4.69) is 0 Å². The minimum absolute atomic E-state index is 0.00917. The molecule has 0 radical (unpaired) electrons. The predicted molar refractivity (Wildman–Crippen MR) is 109 cm³/mol. The smallest absolute Gasteiger partial charge is 0.289 e. The number of amides is 2. The van der Waals surface area contributed by atoms with Crippen molar-refractivity contribution >= 4 is 23.6 Å². The van der Waals surface area contributed by atoms with Crippen LogP contribution in [-0.2, 0) is 4.79 Å². The largest absolute Gasteiger partial charge is 0.496 e. The molecule has 2 aromatic rings. The summed E-state index contributed by atoms with van der Waals surface area (Å²) in [5.74, 6) is 0.987. The Kier molecular flexibility index (Phi) is 6.34. The summed E-state index contributed by atoms with van der Waals surface area (Å²) in [5.41, 5.74) is 0.973. The molecule has 1 saturated heterocycles. The average molecular weight is 403 g/mol. The summed E-state index contributed by atoms with van der Waals surface area (Å²) >= 11 is 1.60. The number of benzene rings is 1. The highest BCUT2D eigenvalue weighted by molar-refractivity contribution is 8.01. The molecule has 0 spiro atoms. The Bertz CT molecular complexity index is 822. The quantitative estimate of drug-likeness (QED) is 0.705. The zero-order valence-electron chi connectivity index (χ0n) is 16.6. The first-order chi connectivity index (χ1) is 13.4. The molecule has 0 bridgehead atoms. The van der Waals surface area contributed by atoms with Crippen LogP contribution in [0.15, 0.2) is 47.1 Å². The van der Waals surface area contributed by atoms with Gasteiger partial charge in [-0.25, -0.2) is 0 Å². The maximum Gasteiger partial charge on any atom is 0.289 e. The molecule has 1 fully saturated rings. The van der Waals surface area contributed by atoms with E-state index in [4.69, 9.17) is 9.15 Å². The highest BCUT2D eigenvalue weighted by Crippen LogP contribution is 2.45. The zero-order chi connectivity index (χ0) is 20.3. The monoisotopic (exact) mass is 402 g/mol. The number of hydrogen-bond acceptors (Lipinski definition) is 5. The summed E-state index contributed by atoms with van der Waals surface area (Å²) in [6.45, 7) is 6.72. The first kappa shape index (κ1) is 20.3. The molecule has 28 heavy (non-hydrogen) atoms. The predicted octanol–water partition coefficient (Wildman–Crippen LogP) is 3.80. The van der Waals surface area contributed by atoms with Crippen LogP contribution in [0.3, 0.4) is 0 Å². The number of nitrogens with zero attached hydrogens (tertiary/aromatic N) is 2. The van der Waals surface area contributed by atoms with Gasteiger partial charge in [-0.15, -0.1) is 11.8 Å². The summed E-state index contributed by atoms with van der Waals surface area (Å²) in [5, 5.41) is -0.269. The third-order valence-corrected chi connectivity index (χ3v) is 6.23. The Labute approximate surface area is 169 Å². The van der Waals surface area contributed by atoms with Crippen molar-refractivity contribution in [3.05, 3.63) is 54.0 Å². The van der Waals surface area contributed by atoms with Crippen LogP contribution in [0.4, 0.5) is 0 Å². The summed E-state index contributed by atoms with van der Waals surface area (Å²) in [6.07, 6.45) is 1.49. The summed E-state index contributed by atoms with van der Waals surface area (Å²) in [7, 11) is 1.64. The maximum atomic E-state index is 12.8. The van der Waals surface area contributed by atoms with E-state index in [0.29, 0.717) is 18.8 Å². The minimum atomic E-state index is -0.166. The van der Waals surface area contributed by atoms with Crippen LogP contribution in [0, 0.1) is 0 Å². The van der Waals surface area contributed by atoms with Gasteiger partial charge in [-0.05, 0) is 39.0 Å². The number of methoxy groups -OCH3 is 1. The van der Waals surface area contributed by atoms with Crippen LogP contribution in [0.2, 0.25) is 0 Å². The Morgan fingerprint density at radius 1 is 1.29 bits per heavy atom. The topological polar surface area (TPSA) is 63.0 Å². The van der Waals surface area contributed by atoms with E-state index in [0.717, 1.165) is 11.3 Å². The molecule has 0 saturated carbocycles. The lowest BCUT2D eigenvalue weighted by Crippen LogP contribution is -2.43. The number of hydrogen-bond donors (Lipinski definition) is 0. The number of carbonyl (C=O) groups excluding carboxylic acids is 2. The Balaban J connectivity index is 1.79. The molecule has 150 valence electrons. The lowest BCUT2D eigenvalue weighted by molar-refractivity contribution is -0.130. The number of thioether (sulfide) groups is 1. The van der Waals surface area contributed by atoms with E-state index in [1.807, 2.05) is 49.9 Å². The van der Waals surface area contributed by atoms with Gasteiger partial charge in [-0.3, -0.25) is 9.59 Å². The van der Waals surface area contributed by atoms with Crippen molar-refractivity contribution in [2.75, 3.05) is 20.2 Å². The summed E-state index contributed by atoms with van der Waals surface area (Å²) in [4.78, 5) is 29.1. The van der Waals surface area contributed by atoms with Gasteiger partial charge in [0.15, 0.2) is 5.76 Å². The molecular formula is C21H26N2O4S. The maximum absolute atomic E-state index is 12.8. The molecule has 1 aliphatic heterocycles. The van der Waals surface area contributed by atoms with E-state index in [-0.39, 0.29) is 28.5 Å². The summed E-state index contributed by atoms with van der Waals surface area (Å²) in [6, 6.07) is 11.1. The number of rotatable bonds is 7. The lowest BCUT2D eigenvalue weighted by atomic mass is 10.1. The van der Waals surface area contributed by atoms with Crippen LogP contribution in [0.5, 0.6) is 5.75 Å². The SMILES string of the molecule is COc1ccccc1[C@@H]1S[C@H](C)C(=O)N1CCN(C(=O)c1ccco1)C(C)C. The Morgan fingerprint density at radius 2 is 2.04 bits per heavy atom. The minimum Gasteiger partial charge on any atom is -0.496 e. The molecular weight excluding hydrogens is 376 g/mol. The second-order valence-corrected chi connectivity index (χ2v) is 8.40. The van der Waals surface area contributed by atoms with Gasteiger partial charge in [0, 0.05) is 24.7 Å². The Hall–Kier alpha value is -2.41. The number of furan rings is 1. The Morgan fingerprint density at radius 3 is 2.68 bits per heavy atom. The zero-order valence-corrected chi connectivity index (χ0v) is 17.4. The fraction of sp³-hybridized carbons (Fsp3) is 0.429. The van der Waals surface area contributed by atoms with E-state index in [1.54, 1.807) is 35.9 Å². The molecule has 2 amide bonds. The van der Waals surface area contributed by atoms with Crippen LogP contribution >= 0.6 is 11.8 Å². The molecule has 1 aromatic heterocycles. The molecule has 2 heterocycles. The fourth-order valence-corrected chi connectivity index (χ4v) is 4.70. The second-order valence-electron chi connectivity index (χ2n) is 6.97. The van der Waals surface area contributed by atoms with Crippen LogP contribution < -0.4 is 4.74 Å². The third kappa shape index (κ3) is 4.04. The van der Waals surface area contributed by atoms with Gasteiger partial charge in [0.2, 0.25) is 5.91 Å². The molecule has 1 aromatic carbocycles. The van der Waals surface area contributed by atoms with Gasteiger partial charge in [0.05, 0.1) is 18.6 Å². The molecule has 2 atom stereocenters. The molecule has 7 heteroatoms. The third-order valence-electron chi connectivity index (χ3n) is 4.85. The van der Waals surface area contributed by atoms with Gasteiger partial charge in [0.1, 0.15) is 11.1 Å². The van der Waals surface area contributed by atoms with Crippen molar-refractivity contribution in [2.45, 2.75) is 37.4 Å². The molecule has 0 aliphatic carbocycles. The summed E-state index contributed by atoms with van der Waals surface area (Å²) < 4.78 is 10.8. The van der Waals surface area contributed by atoms with Crippen molar-refractivity contribution in [3.8, 4) is 5.75 Å². The molecule has 6 nitrogen and oxygen atoms in total. The molecule has 0 N–H and O–H groups in total. The second kappa shape index (κ2) is 8.73. The van der Waals surface area contributed by atoms with Crippen LogP contribution in [0.1, 0.15) is 42.3 Å². The van der Waals surface area contributed by atoms with Gasteiger partial charge >= 0.3 is 0 Å². The van der Waals surface area contributed by atoms with E-state index < -0.39 is 0 Å². The molecule has 1 aliphatic rings. The fourth-order valence-electron chi connectivity index (χ4n) is 3.36. The average Bonchev–Trinajstić information content (AvgIpc) is 3.31. The van der Waals surface area contributed by atoms with Crippen LogP contribution in [-0.4, -0.2) is 53.1 Å². The molecule has 0 unspecified atom stereocenters. The first-order valence-corrected chi connectivity index (χ1v) is 10.3. The van der Waals surface area contributed by atoms with Crippen molar-refractivity contribution in [3.63, 3.8) is 0 Å². The van der Waals surface area contributed by atoms with Gasteiger partial charge in [-0.1, -0.05) is 18.2 Å². The van der Waals surface area contributed by atoms with Gasteiger partial charge in [0.25, 0.3) is 5.91 Å². The number of carbonyl (C=O) groups is 2. The van der Waals surface area contributed by atoms with Gasteiger partial charge < -0.3 is 19.0 Å². The standard InChI is InChI=1S/C21H26N2O4S/c1-14(2)22(20(25)18-10-7-13-27-18)11-12-23-19(24)15(3)28-21(23)16-8-5-6-9-17(16)26-4/h5-10,13-15,21H,11-12H2,1-4H3/t15-,21+/m1/s1. The number of ether oxygens (including phenoxy) is 1. The van der Waals surface area contributed by atoms with E-state index in [9.17, 15) is 9.59 Å². The van der Waals surface area contributed by atoms with E-state index >= 15 is 0 Å². The lowest BCUT2D eigenvalue weighted by Gasteiger charge is -2.31.